The second-order valence-electron chi connectivity index (χ2n) is 3.59. The fourth-order valence-electron chi connectivity index (χ4n) is 1.44. The second kappa shape index (κ2) is 6.43. The van der Waals surface area contributed by atoms with Crippen molar-refractivity contribution in [3.8, 4) is 0 Å². The van der Waals surface area contributed by atoms with Gasteiger partial charge in [-0.1, -0.05) is 31.9 Å². The van der Waals surface area contributed by atoms with Gasteiger partial charge in [-0.2, -0.15) is 0 Å². The molecule has 16 heavy (non-hydrogen) atoms. The summed E-state index contributed by atoms with van der Waals surface area (Å²) in [6, 6.07) is 0.193. The lowest BCUT2D eigenvalue weighted by molar-refractivity contribution is 0.0928. The highest BCUT2D eigenvalue weighted by Crippen LogP contribution is 2.05. The molecule has 1 rings (SSSR count). The Labute approximate surface area is 100 Å². The number of carbonyl (C=O) groups is 1. The Bertz CT molecular complexity index is 357. The van der Waals surface area contributed by atoms with Crippen molar-refractivity contribution in [1.82, 2.24) is 15.3 Å². The fraction of sp³-hybridized carbons (Fsp3) is 0.545. The zero-order valence-electron chi connectivity index (χ0n) is 9.53. The maximum absolute atomic E-state index is 11.8. The summed E-state index contributed by atoms with van der Waals surface area (Å²) in [5.74, 6) is -0.213. The molecule has 0 aromatic carbocycles. The molecule has 0 saturated carbocycles. The van der Waals surface area contributed by atoms with Crippen molar-refractivity contribution in [2.24, 2.45) is 0 Å². The maximum atomic E-state index is 11.8. The molecule has 88 valence electrons. The number of halogens is 1. The molecular formula is C11H16ClN3O. The zero-order chi connectivity index (χ0) is 12.0. The van der Waals surface area contributed by atoms with Crippen molar-refractivity contribution in [2.75, 3.05) is 0 Å². The summed E-state index contributed by atoms with van der Waals surface area (Å²) >= 11 is 5.67. The van der Waals surface area contributed by atoms with Crippen LogP contribution in [0.15, 0.2) is 12.4 Å². The molecule has 1 amide bonds. The van der Waals surface area contributed by atoms with Gasteiger partial charge >= 0.3 is 0 Å². The highest BCUT2D eigenvalue weighted by Gasteiger charge is 2.12. The van der Waals surface area contributed by atoms with E-state index in [2.05, 4.69) is 22.2 Å². The monoisotopic (exact) mass is 241 g/mol. The minimum atomic E-state index is -0.213. The van der Waals surface area contributed by atoms with Crippen molar-refractivity contribution in [1.29, 1.82) is 0 Å². The molecule has 4 nitrogen and oxygen atoms in total. The van der Waals surface area contributed by atoms with Gasteiger partial charge in [-0.05, 0) is 12.8 Å². The standard InChI is InChI=1S/C11H16ClN3O/c1-3-5-8(4-2)14-11(16)9-6-13-7-10(12)15-9/h6-8H,3-5H2,1-2H3,(H,14,16). The Morgan fingerprint density at radius 1 is 1.50 bits per heavy atom. The Balaban J connectivity index is 2.64. The summed E-state index contributed by atoms with van der Waals surface area (Å²) < 4.78 is 0. The number of amides is 1. The first-order chi connectivity index (χ1) is 7.67. The summed E-state index contributed by atoms with van der Waals surface area (Å²) in [5, 5.41) is 3.14. The molecule has 1 heterocycles. The molecule has 0 fully saturated rings. The third-order valence-electron chi connectivity index (χ3n) is 2.30. The van der Waals surface area contributed by atoms with Crippen LogP contribution in [-0.2, 0) is 0 Å². The van der Waals surface area contributed by atoms with E-state index in [0.29, 0.717) is 0 Å². The van der Waals surface area contributed by atoms with Crippen LogP contribution in [0, 0.1) is 0 Å². The minimum Gasteiger partial charge on any atom is -0.348 e. The lowest BCUT2D eigenvalue weighted by Gasteiger charge is -2.15. The Morgan fingerprint density at radius 3 is 2.81 bits per heavy atom. The van der Waals surface area contributed by atoms with Gasteiger partial charge in [-0.25, -0.2) is 4.98 Å². The number of aromatic nitrogens is 2. The molecule has 0 aliphatic heterocycles. The predicted molar refractivity (Wildman–Crippen MR) is 63.5 cm³/mol. The van der Waals surface area contributed by atoms with Gasteiger partial charge in [0.25, 0.3) is 5.91 Å². The van der Waals surface area contributed by atoms with Crippen LogP contribution < -0.4 is 5.32 Å². The van der Waals surface area contributed by atoms with Gasteiger partial charge in [0.05, 0.1) is 12.4 Å². The van der Waals surface area contributed by atoms with E-state index >= 15 is 0 Å². The summed E-state index contributed by atoms with van der Waals surface area (Å²) in [7, 11) is 0. The number of hydrogen-bond acceptors (Lipinski definition) is 3. The molecule has 0 bridgehead atoms. The lowest BCUT2D eigenvalue weighted by Crippen LogP contribution is -2.34. The molecule has 1 unspecified atom stereocenters. The van der Waals surface area contributed by atoms with Crippen LogP contribution in [0.3, 0.4) is 0 Å². The van der Waals surface area contributed by atoms with E-state index in [9.17, 15) is 4.79 Å². The smallest absolute Gasteiger partial charge is 0.271 e. The third-order valence-corrected chi connectivity index (χ3v) is 2.49. The number of carbonyl (C=O) groups excluding carboxylic acids is 1. The number of nitrogens with zero attached hydrogens (tertiary/aromatic N) is 2. The van der Waals surface area contributed by atoms with Gasteiger partial charge in [-0.3, -0.25) is 9.78 Å². The first-order valence-corrected chi connectivity index (χ1v) is 5.83. The van der Waals surface area contributed by atoms with Crippen LogP contribution in [0.4, 0.5) is 0 Å². The zero-order valence-corrected chi connectivity index (χ0v) is 10.3. The van der Waals surface area contributed by atoms with Gasteiger partial charge in [0, 0.05) is 6.04 Å². The lowest BCUT2D eigenvalue weighted by atomic mass is 10.1. The molecule has 1 aromatic heterocycles. The highest BCUT2D eigenvalue weighted by atomic mass is 35.5. The SMILES string of the molecule is CCCC(CC)NC(=O)c1cncc(Cl)n1. The van der Waals surface area contributed by atoms with Crippen LogP contribution in [0.1, 0.15) is 43.6 Å². The Morgan fingerprint density at radius 2 is 2.25 bits per heavy atom. The summed E-state index contributed by atoms with van der Waals surface area (Å²) in [6.45, 7) is 4.14. The molecule has 0 spiro atoms. The summed E-state index contributed by atoms with van der Waals surface area (Å²) in [5.41, 5.74) is 0.266. The van der Waals surface area contributed by atoms with E-state index in [1.807, 2.05) is 6.92 Å². The van der Waals surface area contributed by atoms with E-state index in [-0.39, 0.29) is 22.8 Å². The topological polar surface area (TPSA) is 54.9 Å². The van der Waals surface area contributed by atoms with Crippen molar-refractivity contribution in [3.05, 3.63) is 23.2 Å². The first-order valence-electron chi connectivity index (χ1n) is 5.45. The Kier molecular flexibility index (Phi) is 5.19. The van der Waals surface area contributed by atoms with Crippen LogP contribution in [0.25, 0.3) is 0 Å². The van der Waals surface area contributed by atoms with Crippen molar-refractivity contribution in [2.45, 2.75) is 39.2 Å². The molecule has 1 atom stereocenters. The van der Waals surface area contributed by atoms with Gasteiger partial charge in [0.2, 0.25) is 0 Å². The molecule has 0 saturated heterocycles. The quantitative estimate of drug-likeness (QED) is 0.862. The molecular weight excluding hydrogens is 226 g/mol. The summed E-state index contributed by atoms with van der Waals surface area (Å²) in [6.07, 6.45) is 5.74. The first kappa shape index (κ1) is 12.9. The molecule has 0 aliphatic rings. The van der Waals surface area contributed by atoms with Crippen molar-refractivity contribution >= 4 is 17.5 Å². The van der Waals surface area contributed by atoms with Crippen LogP contribution in [-0.4, -0.2) is 21.9 Å². The Hall–Kier alpha value is -1.16. The summed E-state index contributed by atoms with van der Waals surface area (Å²) in [4.78, 5) is 19.5. The largest absolute Gasteiger partial charge is 0.348 e. The van der Waals surface area contributed by atoms with E-state index in [0.717, 1.165) is 19.3 Å². The molecule has 0 aliphatic carbocycles. The number of nitrogens with one attached hydrogen (secondary N) is 1. The van der Waals surface area contributed by atoms with Gasteiger partial charge in [-0.15, -0.1) is 0 Å². The van der Waals surface area contributed by atoms with E-state index < -0.39 is 0 Å². The minimum absolute atomic E-state index is 0.193. The van der Waals surface area contributed by atoms with Crippen LogP contribution >= 0.6 is 11.6 Å². The predicted octanol–water partition coefficient (Wildman–Crippen LogP) is 2.44. The van der Waals surface area contributed by atoms with Crippen molar-refractivity contribution in [3.63, 3.8) is 0 Å². The average molecular weight is 242 g/mol. The van der Waals surface area contributed by atoms with Crippen LogP contribution in [0.2, 0.25) is 5.15 Å². The van der Waals surface area contributed by atoms with E-state index in [1.165, 1.54) is 12.4 Å². The van der Waals surface area contributed by atoms with Gasteiger partial charge in [0.1, 0.15) is 10.8 Å². The van der Waals surface area contributed by atoms with E-state index in [1.54, 1.807) is 0 Å². The van der Waals surface area contributed by atoms with Gasteiger partial charge in [0.15, 0.2) is 0 Å². The average Bonchev–Trinajstić information content (AvgIpc) is 2.28. The third kappa shape index (κ3) is 3.77. The molecule has 1 aromatic rings. The normalized spacial score (nSPS) is 12.2. The van der Waals surface area contributed by atoms with Crippen molar-refractivity contribution < 1.29 is 4.79 Å². The molecule has 1 N–H and O–H groups in total. The number of hydrogen-bond donors (Lipinski definition) is 1. The van der Waals surface area contributed by atoms with E-state index in [4.69, 9.17) is 11.6 Å². The molecule has 0 radical (unpaired) electrons. The highest BCUT2D eigenvalue weighted by molar-refractivity contribution is 6.29. The van der Waals surface area contributed by atoms with Crippen LogP contribution in [0.5, 0.6) is 0 Å². The molecule has 5 heteroatoms. The fourth-order valence-corrected chi connectivity index (χ4v) is 1.59. The van der Waals surface area contributed by atoms with Gasteiger partial charge < -0.3 is 5.32 Å². The maximum Gasteiger partial charge on any atom is 0.271 e. The number of rotatable bonds is 5. The second-order valence-corrected chi connectivity index (χ2v) is 3.98.